The van der Waals surface area contributed by atoms with Crippen molar-refractivity contribution < 1.29 is 13.6 Å². The number of nitrogens with zero attached hydrogens (tertiary/aromatic N) is 1. The van der Waals surface area contributed by atoms with Crippen molar-refractivity contribution >= 4 is 35.1 Å². The molecular weight excluding hydrogens is 332 g/mol. The highest BCUT2D eigenvalue weighted by atomic mass is 32.2. The molecule has 0 spiro atoms. The van der Waals surface area contributed by atoms with Crippen molar-refractivity contribution in [3.8, 4) is 0 Å². The Labute approximate surface area is 132 Å². The Morgan fingerprint density at radius 1 is 1.27 bits per heavy atom. The van der Waals surface area contributed by atoms with Gasteiger partial charge in [-0.1, -0.05) is 23.5 Å². The van der Waals surface area contributed by atoms with Gasteiger partial charge in [0.1, 0.15) is 0 Å². The summed E-state index contributed by atoms with van der Waals surface area (Å²) in [6, 6.07) is 7.40. The van der Waals surface area contributed by atoms with E-state index in [2.05, 4.69) is 15.3 Å². The number of aromatic amines is 1. The molecule has 0 radical (unpaired) electrons. The third-order valence-electron chi connectivity index (χ3n) is 2.35. The smallest absolute Gasteiger partial charge is 0.288 e. The van der Waals surface area contributed by atoms with E-state index in [1.54, 1.807) is 12.1 Å². The SMILES string of the molecule is O=C(CSc1nccc(=O)[nH]1)Nc1ccc(SC(F)F)cc1. The summed E-state index contributed by atoms with van der Waals surface area (Å²) in [7, 11) is 0. The van der Waals surface area contributed by atoms with Crippen LogP contribution in [0.1, 0.15) is 0 Å². The Morgan fingerprint density at radius 3 is 2.64 bits per heavy atom. The Bertz CT molecular complexity index is 692. The number of hydrogen-bond acceptors (Lipinski definition) is 5. The van der Waals surface area contributed by atoms with Crippen LogP contribution in [-0.4, -0.2) is 27.4 Å². The maximum Gasteiger partial charge on any atom is 0.288 e. The fourth-order valence-electron chi connectivity index (χ4n) is 1.48. The maximum atomic E-state index is 12.2. The predicted molar refractivity (Wildman–Crippen MR) is 82.5 cm³/mol. The zero-order valence-electron chi connectivity index (χ0n) is 11.1. The van der Waals surface area contributed by atoms with Gasteiger partial charge in [0.25, 0.3) is 11.3 Å². The molecule has 0 aliphatic heterocycles. The lowest BCUT2D eigenvalue weighted by molar-refractivity contribution is -0.113. The monoisotopic (exact) mass is 343 g/mol. The van der Waals surface area contributed by atoms with E-state index in [0.29, 0.717) is 27.5 Å². The van der Waals surface area contributed by atoms with Gasteiger partial charge in [-0.15, -0.1) is 0 Å². The number of carbonyl (C=O) groups excluding carboxylic acids is 1. The molecule has 2 rings (SSSR count). The number of rotatable bonds is 6. The summed E-state index contributed by atoms with van der Waals surface area (Å²) in [6.45, 7) is 0. The molecule has 0 unspecified atom stereocenters. The lowest BCUT2D eigenvalue weighted by Crippen LogP contribution is -2.15. The molecule has 0 fully saturated rings. The molecule has 1 amide bonds. The zero-order valence-corrected chi connectivity index (χ0v) is 12.7. The van der Waals surface area contributed by atoms with Crippen molar-refractivity contribution in [2.45, 2.75) is 15.8 Å². The van der Waals surface area contributed by atoms with Gasteiger partial charge in [0.2, 0.25) is 5.91 Å². The van der Waals surface area contributed by atoms with E-state index in [9.17, 15) is 18.4 Å². The lowest BCUT2D eigenvalue weighted by Gasteiger charge is -2.06. The van der Waals surface area contributed by atoms with Crippen LogP contribution in [0.5, 0.6) is 0 Å². The van der Waals surface area contributed by atoms with Crippen molar-refractivity contribution in [2.75, 3.05) is 11.1 Å². The van der Waals surface area contributed by atoms with E-state index < -0.39 is 5.76 Å². The van der Waals surface area contributed by atoms with Gasteiger partial charge in [0.05, 0.1) is 5.75 Å². The van der Waals surface area contributed by atoms with Crippen LogP contribution >= 0.6 is 23.5 Å². The van der Waals surface area contributed by atoms with E-state index in [-0.39, 0.29) is 17.2 Å². The number of alkyl halides is 2. The van der Waals surface area contributed by atoms with Crippen molar-refractivity contribution in [2.24, 2.45) is 0 Å². The number of carbonyl (C=O) groups is 1. The number of H-pyrrole nitrogens is 1. The number of benzene rings is 1. The van der Waals surface area contributed by atoms with E-state index in [4.69, 9.17) is 0 Å². The second-order valence-electron chi connectivity index (χ2n) is 3.98. The second-order valence-corrected chi connectivity index (χ2v) is 6.01. The Hall–Kier alpha value is -1.87. The first-order chi connectivity index (χ1) is 10.5. The molecule has 2 N–H and O–H groups in total. The van der Waals surface area contributed by atoms with Gasteiger partial charge in [-0.25, -0.2) is 4.98 Å². The largest absolute Gasteiger partial charge is 0.325 e. The van der Waals surface area contributed by atoms with Crippen LogP contribution in [0.4, 0.5) is 14.5 Å². The Balaban J connectivity index is 1.85. The van der Waals surface area contributed by atoms with Gasteiger partial charge >= 0.3 is 0 Å². The topological polar surface area (TPSA) is 74.8 Å². The van der Waals surface area contributed by atoms with Crippen LogP contribution in [0.2, 0.25) is 0 Å². The van der Waals surface area contributed by atoms with E-state index in [1.807, 2.05) is 0 Å². The summed E-state index contributed by atoms with van der Waals surface area (Å²) in [4.78, 5) is 29.7. The summed E-state index contributed by atoms with van der Waals surface area (Å²) < 4.78 is 24.4. The fraction of sp³-hybridized carbons (Fsp3) is 0.154. The van der Waals surface area contributed by atoms with Crippen LogP contribution in [0.15, 0.2) is 51.4 Å². The number of halogens is 2. The molecule has 22 heavy (non-hydrogen) atoms. The number of amides is 1. The number of thioether (sulfide) groups is 2. The highest BCUT2D eigenvalue weighted by molar-refractivity contribution is 8.00. The van der Waals surface area contributed by atoms with E-state index in [1.165, 1.54) is 24.4 Å². The molecule has 2 aromatic rings. The summed E-state index contributed by atoms with van der Waals surface area (Å²) in [5, 5.41) is 2.98. The molecule has 5 nitrogen and oxygen atoms in total. The van der Waals surface area contributed by atoms with Gasteiger partial charge in [0, 0.05) is 22.8 Å². The molecule has 1 aromatic carbocycles. The van der Waals surface area contributed by atoms with Gasteiger partial charge < -0.3 is 10.3 Å². The molecule has 0 atom stereocenters. The summed E-state index contributed by atoms with van der Waals surface area (Å²) in [5.41, 5.74) is 0.226. The fourth-order valence-corrected chi connectivity index (χ4v) is 2.62. The van der Waals surface area contributed by atoms with Crippen LogP contribution in [0.3, 0.4) is 0 Å². The molecule has 0 bridgehead atoms. The van der Waals surface area contributed by atoms with Crippen molar-refractivity contribution in [3.05, 3.63) is 46.9 Å². The van der Waals surface area contributed by atoms with Crippen LogP contribution < -0.4 is 10.9 Å². The summed E-state index contributed by atoms with van der Waals surface area (Å²) in [5.74, 6) is -2.69. The van der Waals surface area contributed by atoms with Gasteiger partial charge in [0.15, 0.2) is 5.16 Å². The molecule has 0 aliphatic rings. The number of hydrogen-bond donors (Lipinski definition) is 2. The normalized spacial score (nSPS) is 10.7. The van der Waals surface area contributed by atoms with Gasteiger partial charge in [-0.05, 0) is 24.3 Å². The van der Waals surface area contributed by atoms with Crippen LogP contribution in [0.25, 0.3) is 0 Å². The summed E-state index contributed by atoms with van der Waals surface area (Å²) >= 11 is 1.53. The second kappa shape index (κ2) is 7.95. The quantitative estimate of drug-likeness (QED) is 0.623. The van der Waals surface area contributed by atoms with Crippen LogP contribution in [-0.2, 0) is 4.79 Å². The van der Waals surface area contributed by atoms with Crippen molar-refractivity contribution in [3.63, 3.8) is 0 Å². The first kappa shape index (κ1) is 16.5. The molecule has 0 saturated heterocycles. The Kier molecular flexibility index (Phi) is 5.96. The lowest BCUT2D eigenvalue weighted by atomic mass is 10.3. The third-order valence-corrected chi connectivity index (χ3v) is 3.96. The Morgan fingerprint density at radius 2 is 2.00 bits per heavy atom. The minimum atomic E-state index is -2.47. The van der Waals surface area contributed by atoms with E-state index >= 15 is 0 Å². The van der Waals surface area contributed by atoms with Crippen molar-refractivity contribution in [1.82, 2.24) is 9.97 Å². The predicted octanol–water partition coefficient (Wildman–Crippen LogP) is 2.82. The molecule has 116 valence electrons. The standard InChI is InChI=1S/C13H11F2N3O2S2/c14-12(15)22-9-3-1-8(2-4-9)17-11(20)7-21-13-16-6-5-10(19)18-13/h1-6,12H,7H2,(H,17,20)(H,16,18,19). The highest BCUT2D eigenvalue weighted by Crippen LogP contribution is 2.26. The first-order valence-corrected chi connectivity index (χ1v) is 7.92. The average Bonchev–Trinajstić information content (AvgIpc) is 2.47. The average molecular weight is 343 g/mol. The van der Waals surface area contributed by atoms with E-state index in [0.717, 1.165) is 11.8 Å². The van der Waals surface area contributed by atoms with Crippen molar-refractivity contribution in [1.29, 1.82) is 0 Å². The zero-order chi connectivity index (χ0) is 15.9. The minimum absolute atomic E-state index is 0.0699. The minimum Gasteiger partial charge on any atom is -0.325 e. The third kappa shape index (κ3) is 5.49. The first-order valence-electron chi connectivity index (χ1n) is 6.06. The van der Waals surface area contributed by atoms with Crippen LogP contribution in [0, 0.1) is 0 Å². The number of anilines is 1. The highest BCUT2D eigenvalue weighted by Gasteiger charge is 2.07. The summed E-state index contributed by atoms with van der Waals surface area (Å²) in [6.07, 6.45) is 1.36. The van der Waals surface area contributed by atoms with Gasteiger partial charge in [-0.2, -0.15) is 8.78 Å². The maximum absolute atomic E-state index is 12.2. The number of nitrogens with one attached hydrogen (secondary N) is 2. The molecule has 9 heteroatoms. The number of aromatic nitrogens is 2. The molecule has 0 saturated carbocycles. The van der Waals surface area contributed by atoms with Gasteiger partial charge in [-0.3, -0.25) is 9.59 Å². The molecule has 1 heterocycles. The molecular formula is C13H11F2N3O2S2. The molecule has 1 aromatic heterocycles. The molecule has 0 aliphatic carbocycles.